The third-order valence-electron chi connectivity index (χ3n) is 3.94. The van der Waals surface area contributed by atoms with Crippen LogP contribution in [0.25, 0.3) is 0 Å². The Hall–Kier alpha value is -2.17. The van der Waals surface area contributed by atoms with Crippen molar-refractivity contribution in [3.63, 3.8) is 0 Å². The summed E-state index contributed by atoms with van der Waals surface area (Å²) in [7, 11) is 0. The Morgan fingerprint density at radius 2 is 1.95 bits per heavy atom. The van der Waals surface area contributed by atoms with Gasteiger partial charge in [-0.3, -0.25) is 14.4 Å². The number of aliphatic carboxylic acids is 1. The molecule has 2 aliphatic rings. The minimum atomic E-state index is -0.900. The Labute approximate surface area is 109 Å². The average Bonchev–Trinajstić information content (AvgIpc) is 2.65. The molecule has 1 heterocycles. The van der Waals surface area contributed by atoms with E-state index in [4.69, 9.17) is 5.11 Å². The van der Waals surface area contributed by atoms with Crippen molar-refractivity contribution >= 4 is 23.3 Å². The second kappa shape index (κ2) is 4.19. The monoisotopic (exact) mass is 259 g/mol. The summed E-state index contributed by atoms with van der Waals surface area (Å²) >= 11 is 0. The van der Waals surface area contributed by atoms with Gasteiger partial charge in [0.05, 0.1) is 12.3 Å². The number of fused-ring (bicyclic) bond motifs is 1. The summed E-state index contributed by atoms with van der Waals surface area (Å²) in [5.41, 5.74) is 2.05. The molecule has 0 spiro atoms. The van der Waals surface area contributed by atoms with E-state index in [1.165, 1.54) is 0 Å². The summed E-state index contributed by atoms with van der Waals surface area (Å²) < 4.78 is 0. The third-order valence-corrected chi connectivity index (χ3v) is 3.94. The van der Waals surface area contributed by atoms with E-state index < -0.39 is 17.8 Å². The number of rotatable bonds is 3. The molecule has 19 heavy (non-hydrogen) atoms. The van der Waals surface area contributed by atoms with Crippen molar-refractivity contribution in [1.82, 2.24) is 0 Å². The Kier molecular flexibility index (Phi) is 2.62. The highest BCUT2D eigenvalue weighted by Crippen LogP contribution is 2.37. The van der Waals surface area contributed by atoms with Gasteiger partial charge < -0.3 is 10.4 Å². The summed E-state index contributed by atoms with van der Waals surface area (Å²) in [5, 5.41) is 11.7. The van der Waals surface area contributed by atoms with Gasteiger partial charge in [-0.15, -0.1) is 0 Å². The quantitative estimate of drug-likeness (QED) is 0.805. The van der Waals surface area contributed by atoms with Gasteiger partial charge in [-0.1, -0.05) is 0 Å². The van der Waals surface area contributed by atoms with Crippen LogP contribution in [0.5, 0.6) is 0 Å². The zero-order valence-corrected chi connectivity index (χ0v) is 10.2. The van der Waals surface area contributed by atoms with Crippen LogP contribution in [0.2, 0.25) is 0 Å². The fraction of sp³-hybridized carbons (Fsp3) is 0.357. The van der Waals surface area contributed by atoms with Crippen LogP contribution in [-0.4, -0.2) is 22.8 Å². The molecule has 2 atom stereocenters. The minimum absolute atomic E-state index is 0.0772. The van der Waals surface area contributed by atoms with E-state index in [2.05, 4.69) is 5.32 Å². The van der Waals surface area contributed by atoms with Gasteiger partial charge in [0.1, 0.15) is 0 Å². The molecule has 0 unspecified atom stereocenters. The normalized spacial score (nSPS) is 24.3. The smallest absolute Gasteiger partial charge is 0.307 e. The molecule has 1 aliphatic carbocycles. The van der Waals surface area contributed by atoms with Crippen LogP contribution < -0.4 is 5.32 Å². The predicted molar refractivity (Wildman–Crippen MR) is 67.0 cm³/mol. The molecular weight excluding hydrogens is 246 g/mol. The van der Waals surface area contributed by atoms with Crippen LogP contribution in [0, 0.1) is 11.8 Å². The molecule has 98 valence electrons. The number of ketones is 1. The number of anilines is 1. The van der Waals surface area contributed by atoms with Gasteiger partial charge >= 0.3 is 5.97 Å². The van der Waals surface area contributed by atoms with Crippen LogP contribution in [0.3, 0.4) is 0 Å². The highest BCUT2D eigenvalue weighted by atomic mass is 16.4. The van der Waals surface area contributed by atoms with E-state index in [1.807, 2.05) is 0 Å². The Morgan fingerprint density at radius 3 is 2.58 bits per heavy atom. The lowest BCUT2D eigenvalue weighted by Crippen LogP contribution is -2.38. The fourth-order valence-electron chi connectivity index (χ4n) is 2.71. The maximum absolute atomic E-state index is 12.3. The number of nitrogens with one attached hydrogen (secondary N) is 1. The minimum Gasteiger partial charge on any atom is -0.481 e. The molecule has 3 rings (SSSR count). The van der Waals surface area contributed by atoms with Crippen molar-refractivity contribution in [3.8, 4) is 0 Å². The Balaban J connectivity index is 1.84. The summed E-state index contributed by atoms with van der Waals surface area (Å²) in [6.45, 7) is 0. The first-order chi connectivity index (χ1) is 9.06. The number of amides is 1. The first-order valence-electron chi connectivity index (χ1n) is 6.26. The predicted octanol–water partition coefficient (Wildman–Crippen LogP) is 1.47. The second-order valence-corrected chi connectivity index (χ2v) is 5.09. The largest absolute Gasteiger partial charge is 0.481 e. The summed E-state index contributed by atoms with van der Waals surface area (Å²) in [6, 6.07) is 5.07. The Bertz CT molecular complexity index is 593. The fourth-order valence-corrected chi connectivity index (χ4v) is 2.71. The molecule has 0 saturated heterocycles. The standard InChI is InChI=1S/C14H13NO4/c16-12-6-8-5-7(1-4-11(8)15-12)13(17)9-2-3-10(9)14(18)19/h1,4-5,9-10H,2-3,6H2,(H,15,16)(H,18,19)/t9-,10+/m0/s1. The first-order valence-corrected chi connectivity index (χ1v) is 6.26. The van der Waals surface area contributed by atoms with Crippen molar-refractivity contribution < 1.29 is 19.5 Å². The highest BCUT2D eigenvalue weighted by Gasteiger charge is 2.41. The molecule has 1 amide bonds. The number of carbonyl (C=O) groups is 3. The van der Waals surface area contributed by atoms with E-state index in [1.54, 1.807) is 18.2 Å². The van der Waals surface area contributed by atoms with Crippen LogP contribution in [0.4, 0.5) is 5.69 Å². The molecular formula is C14H13NO4. The van der Waals surface area contributed by atoms with Crippen LogP contribution >= 0.6 is 0 Å². The zero-order chi connectivity index (χ0) is 13.6. The van der Waals surface area contributed by atoms with E-state index in [9.17, 15) is 14.4 Å². The van der Waals surface area contributed by atoms with Crippen molar-refractivity contribution in [3.05, 3.63) is 29.3 Å². The molecule has 1 saturated carbocycles. The number of hydrogen-bond donors (Lipinski definition) is 2. The average molecular weight is 259 g/mol. The van der Waals surface area contributed by atoms with E-state index in [0.717, 1.165) is 11.3 Å². The summed E-state index contributed by atoms with van der Waals surface area (Å²) in [4.78, 5) is 34.5. The van der Waals surface area contributed by atoms with E-state index in [-0.39, 0.29) is 18.1 Å². The summed E-state index contributed by atoms with van der Waals surface area (Å²) in [6.07, 6.45) is 1.48. The number of carboxylic acid groups (broad SMARTS) is 1. The number of benzene rings is 1. The van der Waals surface area contributed by atoms with Crippen LogP contribution in [0.15, 0.2) is 18.2 Å². The maximum Gasteiger partial charge on any atom is 0.307 e. The number of Topliss-reactive ketones (excluding diaryl/α,β-unsaturated/α-hetero) is 1. The van der Waals surface area contributed by atoms with Gasteiger partial charge in [-0.05, 0) is 36.6 Å². The molecule has 1 aliphatic heterocycles. The SMILES string of the molecule is O=C1Cc2cc(C(=O)[C@H]3CC[C@H]3C(=O)O)ccc2N1. The molecule has 2 N–H and O–H groups in total. The van der Waals surface area contributed by atoms with Gasteiger partial charge in [-0.2, -0.15) is 0 Å². The lowest BCUT2D eigenvalue weighted by molar-refractivity contribution is -0.146. The van der Waals surface area contributed by atoms with Crippen molar-refractivity contribution in [1.29, 1.82) is 0 Å². The molecule has 0 aromatic heterocycles. The molecule has 0 radical (unpaired) electrons. The van der Waals surface area contributed by atoms with Crippen LogP contribution in [-0.2, 0) is 16.0 Å². The topological polar surface area (TPSA) is 83.5 Å². The molecule has 1 fully saturated rings. The molecule has 0 bridgehead atoms. The lowest BCUT2D eigenvalue weighted by Gasteiger charge is -2.32. The Morgan fingerprint density at radius 1 is 1.21 bits per heavy atom. The van der Waals surface area contributed by atoms with Gasteiger partial charge in [0.2, 0.25) is 5.91 Å². The van der Waals surface area contributed by atoms with Crippen molar-refractivity contribution in [2.75, 3.05) is 5.32 Å². The van der Waals surface area contributed by atoms with Crippen LogP contribution in [0.1, 0.15) is 28.8 Å². The number of hydrogen-bond acceptors (Lipinski definition) is 3. The lowest BCUT2D eigenvalue weighted by atomic mass is 9.70. The zero-order valence-electron chi connectivity index (χ0n) is 10.2. The second-order valence-electron chi connectivity index (χ2n) is 5.09. The maximum atomic E-state index is 12.3. The van der Waals surface area contributed by atoms with E-state index >= 15 is 0 Å². The van der Waals surface area contributed by atoms with E-state index in [0.29, 0.717) is 18.4 Å². The van der Waals surface area contributed by atoms with Crippen molar-refractivity contribution in [2.24, 2.45) is 11.8 Å². The van der Waals surface area contributed by atoms with Crippen molar-refractivity contribution in [2.45, 2.75) is 19.3 Å². The molecule has 5 nitrogen and oxygen atoms in total. The van der Waals surface area contributed by atoms with Gasteiger partial charge in [0, 0.05) is 17.2 Å². The van der Waals surface area contributed by atoms with Gasteiger partial charge in [0.25, 0.3) is 0 Å². The number of carbonyl (C=O) groups excluding carboxylic acids is 2. The van der Waals surface area contributed by atoms with Gasteiger partial charge in [0.15, 0.2) is 5.78 Å². The molecule has 1 aromatic rings. The third kappa shape index (κ3) is 1.91. The highest BCUT2D eigenvalue weighted by molar-refractivity contribution is 6.04. The number of carboxylic acids is 1. The molecule has 5 heteroatoms. The summed E-state index contributed by atoms with van der Waals surface area (Å²) in [5.74, 6) is -2.07. The molecule has 1 aromatic carbocycles. The first kappa shape index (κ1) is 11.9. The van der Waals surface area contributed by atoms with Gasteiger partial charge in [-0.25, -0.2) is 0 Å².